The highest BCUT2D eigenvalue weighted by molar-refractivity contribution is 5.85. The number of hydrogen-bond acceptors (Lipinski definition) is 3. The summed E-state index contributed by atoms with van der Waals surface area (Å²) in [5.74, 6) is 0.736. The fourth-order valence-electron chi connectivity index (χ4n) is 2.73. The Morgan fingerprint density at radius 2 is 1.61 bits per heavy atom. The summed E-state index contributed by atoms with van der Waals surface area (Å²) in [4.78, 5) is 12.0. The molecule has 0 amide bonds. The van der Waals surface area contributed by atoms with Gasteiger partial charge in [-0.05, 0) is 51.0 Å². The van der Waals surface area contributed by atoms with Crippen LogP contribution in [0.25, 0.3) is 11.0 Å². The molecule has 118 valence electrons. The Balaban J connectivity index is 2.05. The van der Waals surface area contributed by atoms with Gasteiger partial charge in [0.05, 0.1) is 0 Å². The van der Waals surface area contributed by atoms with E-state index < -0.39 is 0 Å². The molecule has 0 bridgehead atoms. The van der Waals surface area contributed by atoms with Gasteiger partial charge < -0.3 is 9.15 Å². The zero-order chi connectivity index (χ0) is 16.6. The minimum absolute atomic E-state index is 0.0781. The van der Waals surface area contributed by atoms with Crippen molar-refractivity contribution in [1.82, 2.24) is 0 Å². The van der Waals surface area contributed by atoms with Gasteiger partial charge >= 0.3 is 5.63 Å². The monoisotopic (exact) mass is 308 g/mol. The van der Waals surface area contributed by atoms with Crippen molar-refractivity contribution in [3.8, 4) is 5.75 Å². The molecule has 0 saturated carbocycles. The smallest absolute Gasteiger partial charge is 0.339 e. The Morgan fingerprint density at radius 1 is 0.913 bits per heavy atom. The Kier molecular flexibility index (Phi) is 3.95. The first-order valence-corrected chi connectivity index (χ1v) is 7.74. The van der Waals surface area contributed by atoms with Crippen molar-refractivity contribution in [2.75, 3.05) is 0 Å². The highest BCUT2D eigenvalue weighted by Crippen LogP contribution is 2.31. The van der Waals surface area contributed by atoms with E-state index in [1.165, 1.54) is 0 Å². The normalized spacial score (nSPS) is 12.3. The lowest BCUT2D eigenvalue weighted by Gasteiger charge is -2.18. The van der Waals surface area contributed by atoms with Crippen LogP contribution in [0.2, 0.25) is 0 Å². The van der Waals surface area contributed by atoms with Crippen LogP contribution in [0.5, 0.6) is 5.75 Å². The molecule has 0 aliphatic rings. The van der Waals surface area contributed by atoms with Gasteiger partial charge in [0.1, 0.15) is 17.4 Å². The lowest BCUT2D eigenvalue weighted by Crippen LogP contribution is -2.08. The molecule has 0 unspecified atom stereocenters. The predicted molar refractivity (Wildman–Crippen MR) is 92.2 cm³/mol. The molecule has 1 aromatic heterocycles. The molecule has 3 heteroatoms. The van der Waals surface area contributed by atoms with E-state index in [1.807, 2.05) is 63.2 Å². The van der Waals surface area contributed by atoms with Crippen LogP contribution in [0.3, 0.4) is 0 Å². The van der Waals surface area contributed by atoms with Crippen LogP contribution >= 0.6 is 0 Å². The molecule has 0 N–H and O–H groups in total. The third-order valence-corrected chi connectivity index (χ3v) is 4.40. The van der Waals surface area contributed by atoms with Crippen LogP contribution in [-0.4, -0.2) is 0 Å². The number of fused-ring (bicyclic) bond motifs is 1. The Labute approximate surface area is 135 Å². The van der Waals surface area contributed by atoms with Crippen LogP contribution in [0.15, 0.2) is 51.7 Å². The first-order valence-electron chi connectivity index (χ1n) is 7.74. The van der Waals surface area contributed by atoms with Crippen LogP contribution < -0.4 is 10.4 Å². The summed E-state index contributed by atoms with van der Waals surface area (Å²) < 4.78 is 11.6. The average molecular weight is 308 g/mol. The summed E-state index contributed by atoms with van der Waals surface area (Å²) in [6, 6.07) is 14.0. The molecule has 0 saturated heterocycles. The molecule has 3 nitrogen and oxygen atoms in total. The van der Waals surface area contributed by atoms with Crippen LogP contribution in [0.1, 0.15) is 35.3 Å². The molecule has 0 spiro atoms. The van der Waals surface area contributed by atoms with Gasteiger partial charge in [-0.25, -0.2) is 4.79 Å². The molecular weight excluding hydrogens is 288 g/mol. The maximum Gasteiger partial charge on any atom is 0.339 e. The van der Waals surface area contributed by atoms with Gasteiger partial charge in [-0.1, -0.05) is 30.3 Å². The van der Waals surface area contributed by atoms with E-state index in [4.69, 9.17) is 9.15 Å². The first kappa shape index (κ1) is 15.3. The van der Waals surface area contributed by atoms with Gasteiger partial charge in [0.25, 0.3) is 0 Å². The second kappa shape index (κ2) is 5.92. The number of ether oxygens (including phenoxy) is 1. The summed E-state index contributed by atoms with van der Waals surface area (Å²) >= 11 is 0. The Bertz CT molecular complexity index is 908. The summed E-state index contributed by atoms with van der Waals surface area (Å²) in [6.45, 7) is 7.67. The zero-order valence-corrected chi connectivity index (χ0v) is 13.8. The van der Waals surface area contributed by atoms with E-state index in [0.717, 1.165) is 27.8 Å². The fraction of sp³-hybridized carbons (Fsp3) is 0.250. The molecular formula is C20H20O3. The quantitative estimate of drug-likeness (QED) is 0.649. The van der Waals surface area contributed by atoms with Crippen molar-refractivity contribution in [3.05, 3.63) is 75.1 Å². The van der Waals surface area contributed by atoms with E-state index >= 15 is 0 Å². The van der Waals surface area contributed by atoms with Crippen molar-refractivity contribution in [3.63, 3.8) is 0 Å². The SMILES string of the molecule is Cc1c(C)c2ccc(O[C@@H](C)c3ccccc3)c(C)c2oc1=O. The van der Waals surface area contributed by atoms with Crippen molar-refractivity contribution in [2.24, 2.45) is 0 Å². The Hall–Kier alpha value is -2.55. The maximum atomic E-state index is 12.0. The van der Waals surface area contributed by atoms with E-state index in [9.17, 15) is 4.79 Å². The fourth-order valence-corrected chi connectivity index (χ4v) is 2.73. The lowest BCUT2D eigenvalue weighted by molar-refractivity contribution is 0.225. The van der Waals surface area contributed by atoms with Crippen LogP contribution in [0.4, 0.5) is 0 Å². The topological polar surface area (TPSA) is 39.4 Å². The molecule has 0 aliphatic carbocycles. The van der Waals surface area contributed by atoms with Gasteiger partial charge in [-0.3, -0.25) is 0 Å². The molecule has 1 heterocycles. The number of rotatable bonds is 3. The molecule has 23 heavy (non-hydrogen) atoms. The average Bonchev–Trinajstić information content (AvgIpc) is 2.56. The summed E-state index contributed by atoms with van der Waals surface area (Å²) in [7, 11) is 0. The first-order chi connectivity index (χ1) is 11.0. The molecule has 3 aromatic rings. The maximum absolute atomic E-state index is 12.0. The van der Waals surface area contributed by atoms with Gasteiger partial charge in [0.2, 0.25) is 0 Å². The molecule has 0 radical (unpaired) electrons. The highest BCUT2D eigenvalue weighted by atomic mass is 16.5. The molecule has 3 rings (SSSR count). The predicted octanol–water partition coefficient (Wildman–Crippen LogP) is 4.86. The van der Waals surface area contributed by atoms with Crippen molar-refractivity contribution in [2.45, 2.75) is 33.8 Å². The van der Waals surface area contributed by atoms with E-state index in [-0.39, 0.29) is 11.7 Å². The molecule has 2 aromatic carbocycles. The van der Waals surface area contributed by atoms with E-state index in [0.29, 0.717) is 11.1 Å². The minimum atomic E-state index is -0.286. The van der Waals surface area contributed by atoms with Gasteiger partial charge in [0, 0.05) is 16.5 Å². The Morgan fingerprint density at radius 3 is 2.30 bits per heavy atom. The number of aryl methyl sites for hydroxylation is 2. The second-order valence-electron chi connectivity index (χ2n) is 5.88. The van der Waals surface area contributed by atoms with Crippen molar-refractivity contribution in [1.29, 1.82) is 0 Å². The largest absolute Gasteiger partial charge is 0.486 e. The van der Waals surface area contributed by atoms with Gasteiger partial charge in [-0.15, -0.1) is 0 Å². The van der Waals surface area contributed by atoms with E-state index in [1.54, 1.807) is 6.92 Å². The van der Waals surface area contributed by atoms with Crippen LogP contribution in [0, 0.1) is 20.8 Å². The number of hydrogen-bond donors (Lipinski definition) is 0. The lowest BCUT2D eigenvalue weighted by atomic mass is 10.0. The summed E-state index contributed by atoms with van der Waals surface area (Å²) in [5, 5.41) is 0.958. The summed E-state index contributed by atoms with van der Waals surface area (Å²) in [6.07, 6.45) is -0.0781. The third-order valence-electron chi connectivity index (χ3n) is 4.40. The van der Waals surface area contributed by atoms with Crippen molar-refractivity contribution < 1.29 is 9.15 Å². The summed E-state index contributed by atoms with van der Waals surface area (Å²) in [5.41, 5.74) is 3.89. The third kappa shape index (κ3) is 2.74. The number of benzene rings is 2. The van der Waals surface area contributed by atoms with Gasteiger partial charge in [0.15, 0.2) is 0 Å². The van der Waals surface area contributed by atoms with E-state index in [2.05, 4.69) is 0 Å². The molecule has 0 aliphatic heterocycles. The van der Waals surface area contributed by atoms with Gasteiger partial charge in [-0.2, -0.15) is 0 Å². The highest BCUT2D eigenvalue weighted by Gasteiger charge is 2.15. The standard InChI is InChI=1S/C20H20O3/c1-12-13(2)20(21)23-19-14(3)18(11-10-17(12)19)22-15(4)16-8-6-5-7-9-16/h5-11,15H,1-4H3/t15-/m0/s1. The molecule has 0 fully saturated rings. The van der Waals surface area contributed by atoms with Crippen molar-refractivity contribution >= 4 is 11.0 Å². The second-order valence-corrected chi connectivity index (χ2v) is 5.88. The minimum Gasteiger partial charge on any atom is -0.486 e. The molecule has 1 atom stereocenters. The van der Waals surface area contributed by atoms with Crippen LogP contribution in [-0.2, 0) is 0 Å². The zero-order valence-electron chi connectivity index (χ0n) is 13.8.